The monoisotopic (exact) mass is 414 g/mol. The third-order valence-corrected chi connectivity index (χ3v) is 4.91. The average molecular weight is 414 g/mol. The lowest BCUT2D eigenvalue weighted by molar-refractivity contribution is -0.173. The molecule has 122 valence electrons. The molecule has 2 saturated heterocycles. The van der Waals surface area contributed by atoms with Gasteiger partial charge in [0, 0.05) is 6.92 Å². The van der Waals surface area contributed by atoms with Gasteiger partial charge in [0.1, 0.15) is 12.2 Å². The number of hydrogen-bond acceptors (Lipinski definition) is 6. The molecule has 0 N–H and O–H groups in total. The molecule has 0 unspecified atom stereocenters. The first-order chi connectivity index (χ1) is 9.60. The van der Waals surface area contributed by atoms with Crippen LogP contribution in [0.3, 0.4) is 0 Å². The van der Waals surface area contributed by atoms with Crippen molar-refractivity contribution in [1.82, 2.24) is 0 Å². The van der Waals surface area contributed by atoms with Crippen molar-refractivity contribution in [2.45, 2.75) is 68.4 Å². The van der Waals surface area contributed by atoms with Gasteiger partial charge in [-0.3, -0.25) is 4.79 Å². The summed E-state index contributed by atoms with van der Waals surface area (Å²) in [5.74, 6) is -1.61. The highest BCUT2D eigenvalue weighted by Gasteiger charge is 2.47. The third-order valence-electron chi connectivity index (χ3n) is 3.40. The van der Waals surface area contributed by atoms with E-state index >= 15 is 0 Å². The predicted molar refractivity (Wildman–Crippen MR) is 83.2 cm³/mol. The summed E-state index contributed by atoms with van der Waals surface area (Å²) in [4.78, 5) is 11.4. The lowest BCUT2D eigenvalue weighted by Crippen LogP contribution is -2.46. The molecule has 0 aromatic heterocycles. The van der Waals surface area contributed by atoms with E-state index in [1.165, 1.54) is 6.92 Å². The number of carbonyl (C=O) groups is 1. The molecule has 0 aromatic carbocycles. The molecule has 0 saturated carbocycles. The summed E-state index contributed by atoms with van der Waals surface area (Å²) in [6.45, 7) is 9.69. The molecule has 2 rings (SSSR count). The van der Waals surface area contributed by atoms with Gasteiger partial charge in [-0.25, -0.2) is 0 Å². The van der Waals surface area contributed by atoms with Crippen LogP contribution >= 0.6 is 22.6 Å². The molecule has 2 aliphatic rings. The highest BCUT2D eigenvalue weighted by molar-refractivity contribution is 14.1. The maximum atomic E-state index is 11.4. The molecule has 21 heavy (non-hydrogen) atoms. The SMILES string of the molecule is CC(=O)O[C@@H]([C@@H](I)[C@H]1COC(C)(C)O1)[C@H]1COC(C)(C)O1. The van der Waals surface area contributed by atoms with Gasteiger partial charge >= 0.3 is 5.97 Å². The Labute approximate surface area is 138 Å². The lowest BCUT2D eigenvalue weighted by atomic mass is 10.1. The summed E-state index contributed by atoms with van der Waals surface area (Å²) in [5.41, 5.74) is 0. The van der Waals surface area contributed by atoms with Crippen LogP contribution in [0, 0.1) is 0 Å². The zero-order chi connectivity index (χ0) is 15.8. The highest BCUT2D eigenvalue weighted by Crippen LogP contribution is 2.34. The maximum absolute atomic E-state index is 11.4. The Morgan fingerprint density at radius 2 is 1.57 bits per heavy atom. The number of carbonyl (C=O) groups excluding carboxylic acids is 1. The normalized spacial score (nSPS) is 33.6. The van der Waals surface area contributed by atoms with Crippen molar-refractivity contribution >= 4 is 28.6 Å². The van der Waals surface area contributed by atoms with Crippen LogP contribution in [-0.2, 0) is 28.5 Å². The Bertz CT molecular complexity index is 397. The predicted octanol–water partition coefficient (Wildman–Crippen LogP) is 2.02. The van der Waals surface area contributed by atoms with Gasteiger partial charge in [0.05, 0.1) is 23.2 Å². The number of ether oxygens (including phenoxy) is 5. The number of rotatable bonds is 4. The Balaban J connectivity index is 2.07. The van der Waals surface area contributed by atoms with Crippen LogP contribution in [-0.4, -0.2) is 53.0 Å². The summed E-state index contributed by atoms with van der Waals surface area (Å²) >= 11 is 2.24. The molecule has 2 aliphatic heterocycles. The van der Waals surface area contributed by atoms with Gasteiger partial charge in [-0.05, 0) is 27.7 Å². The zero-order valence-corrected chi connectivity index (χ0v) is 15.2. The van der Waals surface area contributed by atoms with E-state index in [0.29, 0.717) is 13.2 Å². The number of halogens is 1. The van der Waals surface area contributed by atoms with Crippen molar-refractivity contribution in [1.29, 1.82) is 0 Å². The van der Waals surface area contributed by atoms with Crippen LogP contribution < -0.4 is 0 Å². The second-order valence-corrected chi connectivity index (χ2v) is 7.69. The molecule has 6 nitrogen and oxygen atoms in total. The lowest BCUT2D eigenvalue weighted by Gasteiger charge is -2.30. The molecule has 0 aromatic rings. The average Bonchev–Trinajstić information content (AvgIpc) is 2.87. The van der Waals surface area contributed by atoms with Crippen molar-refractivity contribution < 1.29 is 28.5 Å². The summed E-state index contributed by atoms with van der Waals surface area (Å²) in [5, 5.41) is 0. The third kappa shape index (κ3) is 4.51. The molecule has 0 spiro atoms. The van der Waals surface area contributed by atoms with Crippen LogP contribution in [0.25, 0.3) is 0 Å². The van der Waals surface area contributed by atoms with Gasteiger partial charge < -0.3 is 23.7 Å². The van der Waals surface area contributed by atoms with E-state index in [0.717, 1.165) is 0 Å². The summed E-state index contributed by atoms with van der Waals surface area (Å²) in [6.07, 6.45) is -0.900. The number of alkyl halides is 1. The first-order valence-electron chi connectivity index (χ1n) is 7.04. The van der Waals surface area contributed by atoms with Crippen LogP contribution in [0.1, 0.15) is 34.6 Å². The van der Waals surface area contributed by atoms with E-state index in [9.17, 15) is 4.79 Å². The Morgan fingerprint density at radius 3 is 1.95 bits per heavy atom. The number of hydrogen-bond donors (Lipinski definition) is 0. The molecule has 7 heteroatoms. The van der Waals surface area contributed by atoms with Gasteiger partial charge in [-0.1, -0.05) is 22.6 Å². The first-order valence-corrected chi connectivity index (χ1v) is 8.29. The fraction of sp³-hybridized carbons (Fsp3) is 0.929. The van der Waals surface area contributed by atoms with Crippen LogP contribution in [0.2, 0.25) is 0 Å². The molecule has 2 heterocycles. The molecule has 2 fully saturated rings. The largest absolute Gasteiger partial charge is 0.458 e. The Kier molecular flexibility index (Phi) is 5.19. The fourth-order valence-corrected chi connectivity index (χ4v) is 3.46. The van der Waals surface area contributed by atoms with E-state index in [1.54, 1.807) is 0 Å². The molecular formula is C14H23IO6. The summed E-state index contributed by atoms with van der Waals surface area (Å²) < 4.78 is 28.3. The second-order valence-electron chi connectivity index (χ2n) is 6.25. The summed E-state index contributed by atoms with van der Waals surface area (Å²) in [7, 11) is 0. The van der Waals surface area contributed by atoms with Crippen molar-refractivity contribution in [3.8, 4) is 0 Å². The minimum Gasteiger partial charge on any atom is -0.458 e. The molecule has 0 radical (unpaired) electrons. The molecule has 0 bridgehead atoms. The molecule has 4 atom stereocenters. The van der Waals surface area contributed by atoms with Gasteiger partial charge in [-0.2, -0.15) is 0 Å². The van der Waals surface area contributed by atoms with Gasteiger partial charge in [-0.15, -0.1) is 0 Å². The second kappa shape index (κ2) is 6.27. The summed E-state index contributed by atoms with van der Waals surface area (Å²) in [6, 6.07) is 0. The van der Waals surface area contributed by atoms with Crippen molar-refractivity contribution in [3.63, 3.8) is 0 Å². The standard InChI is InChI=1S/C14H23IO6/c1-8(16)19-12(10-7-18-14(4,5)21-10)11(15)9-6-17-13(2,3)20-9/h9-12H,6-7H2,1-5H3/t9-,10-,11+,12-/m1/s1. The van der Waals surface area contributed by atoms with Gasteiger partial charge in [0.25, 0.3) is 0 Å². The fourth-order valence-electron chi connectivity index (χ4n) is 2.50. The van der Waals surface area contributed by atoms with Crippen molar-refractivity contribution in [2.24, 2.45) is 0 Å². The Hall–Kier alpha value is 0.0400. The van der Waals surface area contributed by atoms with E-state index in [-0.39, 0.29) is 22.1 Å². The minimum absolute atomic E-state index is 0.0872. The van der Waals surface area contributed by atoms with Crippen LogP contribution in [0.4, 0.5) is 0 Å². The topological polar surface area (TPSA) is 63.2 Å². The van der Waals surface area contributed by atoms with Crippen molar-refractivity contribution in [3.05, 3.63) is 0 Å². The van der Waals surface area contributed by atoms with Crippen molar-refractivity contribution in [2.75, 3.05) is 13.2 Å². The highest BCUT2D eigenvalue weighted by atomic mass is 127. The molecular weight excluding hydrogens is 391 g/mol. The van der Waals surface area contributed by atoms with E-state index in [2.05, 4.69) is 22.6 Å². The number of esters is 1. The Morgan fingerprint density at radius 1 is 1.10 bits per heavy atom. The van der Waals surface area contributed by atoms with Gasteiger partial charge in [0.15, 0.2) is 11.6 Å². The molecule has 0 aliphatic carbocycles. The maximum Gasteiger partial charge on any atom is 0.303 e. The smallest absolute Gasteiger partial charge is 0.303 e. The van der Waals surface area contributed by atoms with E-state index < -0.39 is 17.7 Å². The zero-order valence-electron chi connectivity index (χ0n) is 13.1. The van der Waals surface area contributed by atoms with E-state index in [4.69, 9.17) is 23.7 Å². The van der Waals surface area contributed by atoms with Gasteiger partial charge in [0.2, 0.25) is 0 Å². The van der Waals surface area contributed by atoms with E-state index in [1.807, 2.05) is 27.7 Å². The molecule has 0 amide bonds. The van der Waals surface area contributed by atoms with Crippen LogP contribution in [0.5, 0.6) is 0 Å². The first kappa shape index (κ1) is 17.4. The van der Waals surface area contributed by atoms with Crippen LogP contribution in [0.15, 0.2) is 0 Å². The minimum atomic E-state index is -0.661. The quantitative estimate of drug-likeness (QED) is 0.399.